The second-order valence-electron chi connectivity index (χ2n) is 9.96. The van der Waals surface area contributed by atoms with Gasteiger partial charge in [0.25, 0.3) is 11.8 Å². The number of alkyl halides is 2. The fourth-order valence-corrected chi connectivity index (χ4v) is 4.77. The monoisotopic (exact) mass is 509 g/mol. The normalized spacial score (nSPS) is 24.7. The molecule has 2 fully saturated rings. The van der Waals surface area contributed by atoms with Crippen LogP contribution in [0.1, 0.15) is 55.6 Å². The van der Waals surface area contributed by atoms with E-state index in [-0.39, 0.29) is 42.3 Å². The Morgan fingerprint density at radius 2 is 1.92 bits per heavy atom. The summed E-state index contributed by atoms with van der Waals surface area (Å²) in [6.45, 7) is 5.14. The average molecular weight is 510 g/mol. The number of carbonyl (C=O) groups excluding carboxylic acids is 2. The van der Waals surface area contributed by atoms with Gasteiger partial charge in [0.2, 0.25) is 11.7 Å². The van der Waals surface area contributed by atoms with Gasteiger partial charge < -0.3 is 20.5 Å². The molecule has 2 heterocycles. The van der Waals surface area contributed by atoms with Crippen LogP contribution in [-0.2, 0) is 9.53 Å². The maximum atomic E-state index is 14.9. The predicted molar refractivity (Wildman–Crippen MR) is 122 cm³/mol. The molecule has 7 nitrogen and oxygen atoms in total. The first-order chi connectivity index (χ1) is 16.8. The van der Waals surface area contributed by atoms with Crippen molar-refractivity contribution in [3.8, 4) is 5.75 Å². The molecule has 0 bridgehead atoms. The van der Waals surface area contributed by atoms with Crippen LogP contribution < -0.4 is 15.8 Å². The van der Waals surface area contributed by atoms with Crippen LogP contribution in [0.3, 0.4) is 0 Å². The summed E-state index contributed by atoms with van der Waals surface area (Å²) in [4.78, 5) is 28.6. The topological polar surface area (TPSA) is 104 Å². The van der Waals surface area contributed by atoms with Gasteiger partial charge in [-0.15, -0.1) is 0 Å². The Hall–Kier alpha value is -3.21. The van der Waals surface area contributed by atoms with E-state index in [4.69, 9.17) is 15.2 Å². The smallest absolute Gasteiger partial charge is 0.267 e. The Kier molecular flexibility index (Phi) is 6.72. The van der Waals surface area contributed by atoms with E-state index in [1.54, 1.807) is 13.8 Å². The van der Waals surface area contributed by atoms with E-state index in [9.17, 15) is 27.2 Å². The number of nitrogens with zero attached hydrogens (tertiary/aromatic N) is 1. The van der Waals surface area contributed by atoms with E-state index in [0.717, 1.165) is 6.07 Å². The highest BCUT2D eigenvalue weighted by molar-refractivity contribution is 5.97. The van der Waals surface area contributed by atoms with Crippen molar-refractivity contribution in [2.45, 2.75) is 57.2 Å². The Bertz CT molecular complexity index is 1180. The zero-order valence-electron chi connectivity index (χ0n) is 20.0. The third-order valence-electron chi connectivity index (χ3n) is 7.01. The largest absolute Gasteiger partial charge is 0.490 e. The number of hydrogen-bond acceptors (Lipinski definition) is 5. The molecule has 1 aliphatic carbocycles. The fraction of sp³-hybridized carbons (Fsp3) is 0.480. The Labute approximate surface area is 205 Å². The Morgan fingerprint density at radius 3 is 2.56 bits per heavy atom. The molecule has 0 spiro atoms. The van der Waals surface area contributed by atoms with Crippen LogP contribution in [0.25, 0.3) is 0 Å². The highest BCUT2D eigenvalue weighted by atomic mass is 19.3. The highest BCUT2D eigenvalue weighted by Crippen LogP contribution is 2.50. The average Bonchev–Trinajstić information content (AvgIpc) is 3.02. The number of anilines is 1. The molecule has 1 aliphatic heterocycles. The molecule has 0 unspecified atom stereocenters. The van der Waals surface area contributed by atoms with Gasteiger partial charge in [0.15, 0.2) is 11.6 Å². The SMILES string of the molecule is C[C@H]1[C@@H](c2ccc(F)c(F)c2OCC2CC(F)(F)C2)[C@H](C(=O)Nc2ccnc(C(N)=O)c2)OC1(C)C. The standard InChI is InChI=1S/C25H27F4N3O4/c1-12-18(15-4-5-16(26)19(27)20(15)35-11-13-9-25(28,29)10-13)21(36-24(12,2)3)23(34)32-14-6-7-31-17(8-14)22(30)33/h4-8,12-13,18,21H,9-11H2,1-3H3,(H2,30,33)(H,31,32,34)/t12-,18-,21+/m0/s1. The number of rotatable bonds is 7. The lowest BCUT2D eigenvalue weighted by molar-refractivity contribution is -0.131. The maximum absolute atomic E-state index is 14.9. The van der Waals surface area contributed by atoms with Gasteiger partial charge in [-0.2, -0.15) is 4.39 Å². The molecular formula is C25H27F4N3O4. The Balaban J connectivity index is 1.64. The van der Waals surface area contributed by atoms with Crippen molar-refractivity contribution in [2.75, 3.05) is 11.9 Å². The minimum Gasteiger partial charge on any atom is -0.490 e. The van der Waals surface area contributed by atoms with Gasteiger partial charge in [-0.25, -0.2) is 13.2 Å². The number of hydrogen-bond donors (Lipinski definition) is 2. The molecule has 11 heteroatoms. The minimum atomic E-state index is -2.78. The van der Waals surface area contributed by atoms with Gasteiger partial charge in [-0.05, 0) is 38.0 Å². The summed E-state index contributed by atoms with van der Waals surface area (Å²) in [5, 5.41) is 2.66. The quantitative estimate of drug-likeness (QED) is 0.538. The maximum Gasteiger partial charge on any atom is 0.267 e. The lowest BCUT2D eigenvalue weighted by Crippen LogP contribution is -2.38. The third-order valence-corrected chi connectivity index (χ3v) is 7.01. The summed E-state index contributed by atoms with van der Waals surface area (Å²) in [6.07, 6.45) is -0.611. The first kappa shape index (κ1) is 25.9. The lowest BCUT2D eigenvalue weighted by Gasteiger charge is -2.35. The summed E-state index contributed by atoms with van der Waals surface area (Å²) >= 11 is 0. The molecule has 1 saturated heterocycles. The number of ether oxygens (including phenoxy) is 2. The number of halogens is 4. The molecule has 1 aromatic carbocycles. The number of amides is 2. The van der Waals surface area contributed by atoms with E-state index < -0.39 is 58.7 Å². The summed E-state index contributed by atoms with van der Waals surface area (Å²) in [7, 11) is 0. The summed E-state index contributed by atoms with van der Waals surface area (Å²) in [6, 6.07) is 5.03. The first-order valence-electron chi connectivity index (χ1n) is 11.5. The van der Waals surface area contributed by atoms with Crippen molar-refractivity contribution in [1.29, 1.82) is 0 Å². The molecule has 3 N–H and O–H groups in total. The predicted octanol–water partition coefficient (Wildman–Crippen LogP) is 4.42. The number of aromatic nitrogens is 1. The van der Waals surface area contributed by atoms with Gasteiger partial charge >= 0.3 is 0 Å². The molecule has 1 aromatic heterocycles. The molecule has 194 valence electrons. The van der Waals surface area contributed by atoms with Crippen LogP contribution in [-0.4, -0.2) is 41.0 Å². The molecule has 2 amide bonds. The van der Waals surface area contributed by atoms with Crippen LogP contribution in [0.5, 0.6) is 5.75 Å². The van der Waals surface area contributed by atoms with Crippen molar-refractivity contribution in [2.24, 2.45) is 17.6 Å². The van der Waals surface area contributed by atoms with E-state index in [1.165, 1.54) is 24.4 Å². The summed E-state index contributed by atoms with van der Waals surface area (Å²) in [5.74, 6) is -8.57. The van der Waals surface area contributed by atoms with Crippen LogP contribution in [0, 0.1) is 23.5 Å². The molecule has 4 rings (SSSR count). The van der Waals surface area contributed by atoms with E-state index in [1.807, 2.05) is 6.92 Å². The van der Waals surface area contributed by atoms with Gasteiger partial charge in [0, 0.05) is 42.1 Å². The fourth-order valence-electron chi connectivity index (χ4n) is 4.77. The number of carbonyl (C=O) groups is 2. The molecule has 2 aliphatic rings. The molecule has 2 aromatic rings. The third kappa shape index (κ3) is 5.02. The number of nitrogens with one attached hydrogen (secondary N) is 1. The van der Waals surface area contributed by atoms with Gasteiger partial charge in [-0.3, -0.25) is 14.6 Å². The Morgan fingerprint density at radius 1 is 1.22 bits per heavy atom. The van der Waals surface area contributed by atoms with Gasteiger partial charge in [0.1, 0.15) is 11.8 Å². The second-order valence-corrected chi connectivity index (χ2v) is 9.96. The lowest BCUT2D eigenvalue weighted by atomic mass is 9.78. The number of pyridine rings is 1. The second kappa shape index (κ2) is 9.34. The van der Waals surface area contributed by atoms with E-state index in [0.29, 0.717) is 0 Å². The molecule has 1 saturated carbocycles. The van der Waals surface area contributed by atoms with Crippen LogP contribution in [0.15, 0.2) is 30.5 Å². The highest BCUT2D eigenvalue weighted by Gasteiger charge is 2.52. The zero-order chi connectivity index (χ0) is 26.4. The van der Waals surface area contributed by atoms with Crippen molar-refractivity contribution < 1.29 is 36.6 Å². The molecule has 0 radical (unpaired) electrons. The van der Waals surface area contributed by atoms with Crippen LogP contribution in [0.4, 0.5) is 23.2 Å². The molecule has 3 atom stereocenters. The van der Waals surface area contributed by atoms with Crippen LogP contribution in [0.2, 0.25) is 0 Å². The van der Waals surface area contributed by atoms with Gasteiger partial charge in [0.05, 0.1) is 12.2 Å². The van der Waals surface area contributed by atoms with Crippen molar-refractivity contribution in [3.05, 3.63) is 53.4 Å². The van der Waals surface area contributed by atoms with E-state index >= 15 is 0 Å². The minimum absolute atomic E-state index is 0.0525. The first-order valence-corrected chi connectivity index (χ1v) is 11.5. The molecular weight excluding hydrogens is 482 g/mol. The zero-order valence-corrected chi connectivity index (χ0v) is 20.0. The van der Waals surface area contributed by atoms with Gasteiger partial charge in [-0.1, -0.05) is 13.0 Å². The number of primary amides is 1. The van der Waals surface area contributed by atoms with Crippen LogP contribution >= 0.6 is 0 Å². The summed E-state index contributed by atoms with van der Waals surface area (Å²) in [5.41, 5.74) is 4.81. The number of benzene rings is 1. The van der Waals surface area contributed by atoms with Crippen molar-refractivity contribution in [1.82, 2.24) is 4.98 Å². The molecule has 36 heavy (non-hydrogen) atoms. The van der Waals surface area contributed by atoms with E-state index in [2.05, 4.69) is 10.3 Å². The van der Waals surface area contributed by atoms with Crippen molar-refractivity contribution >= 4 is 17.5 Å². The number of nitrogens with two attached hydrogens (primary N) is 1. The van der Waals surface area contributed by atoms with Crippen molar-refractivity contribution in [3.63, 3.8) is 0 Å². The summed E-state index contributed by atoms with van der Waals surface area (Å²) < 4.78 is 67.2.